The highest BCUT2D eigenvalue weighted by molar-refractivity contribution is 6.33. The van der Waals surface area contributed by atoms with Gasteiger partial charge in [0.2, 0.25) is 0 Å². The average Bonchev–Trinajstić information content (AvgIpc) is 2.28. The molecule has 0 aliphatic carbocycles. The Bertz CT molecular complexity index is 382. The lowest BCUT2D eigenvalue weighted by Gasteiger charge is -2.06. The molecule has 0 bridgehead atoms. The van der Waals surface area contributed by atoms with Crippen LogP contribution in [0, 0.1) is 0 Å². The zero-order valence-corrected chi connectivity index (χ0v) is 10.2. The molecule has 1 rings (SSSR count). The first kappa shape index (κ1) is 13.8. The number of rotatable bonds is 6. The van der Waals surface area contributed by atoms with Gasteiger partial charge in [0.25, 0.3) is 0 Å². The summed E-state index contributed by atoms with van der Waals surface area (Å²) >= 11 is 5.87. The summed E-state index contributed by atoms with van der Waals surface area (Å²) in [6.07, 6.45) is 2.29. The average molecular weight is 258 g/mol. The van der Waals surface area contributed by atoms with E-state index in [1.54, 1.807) is 12.1 Å². The number of nitrogens with two attached hydrogens (primary N) is 1. The zero-order valence-electron chi connectivity index (χ0n) is 9.49. The van der Waals surface area contributed by atoms with Gasteiger partial charge in [-0.25, -0.2) is 4.79 Å². The number of carbonyl (C=O) groups is 1. The van der Waals surface area contributed by atoms with Crippen LogP contribution in [0.5, 0.6) is 0 Å². The monoisotopic (exact) mass is 257 g/mol. The SMILES string of the molecule is Nc1ccc(C(=O)OCCCCCO)c(Cl)c1. The summed E-state index contributed by atoms with van der Waals surface area (Å²) in [4.78, 5) is 11.6. The van der Waals surface area contributed by atoms with Crippen molar-refractivity contribution >= 4 is 23.3 Å². The van der Waals surface area contributed by atoms with Crippen molar-refractivity contribution in [2.45, 2.75) is 19.3 Å². The van der Waals surface area contributed by atoms with Gasteiger partial charge in [-0.1, -0.05) is 11.6 Å². The van der Waals surface area contributed by atoms with Crippen molar-refractivity contribution in [2.24, 2.45) is 0 Å². The Morgan fingerprint density at radius 3 is 2.76 bits per heavy atom. The number of ether oxygens (including phenoxy) is 1. The second kappa shape index (κ2) is 7.14. The molecule has 0 unspecified atom stereocenters. The van der Waals surface area contributed by atoms with Crippen LogP contribution in [0.3, 0.4) is 0 Å². The van der Waals surface area contributed by atoms with E-state index in [1.165, 1.54) is 6.07 Å². The molecular formula is C12H16ClNO3. The van der Waals surface area contributed by atoms with E-state index in [0.717, 1.165) is 19.3 Å². The van der Waals surface area contributed by atoms with Crippen LogP contribution in [0.1, 0.15) is 29.6 Å². The lowest BCUT2D eigenvalue weighted by Crippen LogP contribution is -2.07. The summed E-state index contributed by atoms with van der Waals surface area (Å²) in [5.41, 5.74) is 6.35. The Morgan fingerprint density at radius 1 is 1.35 bits per heavy atom. The van der Waals surface area contributed by atoms with Gasteiger partial charge in [0.05, 0.1) is 17.2 Å². The number of esters is 1. The first-order valence-corrected chi connectivity index (χ1v) is 5.86. The molecule has 94 valence electrons. The number of carbonyl (C=O) groups excluding carboxylic acids is 1. The summed E-state index contributed by atoms with van der Waals surface area (Å²) in [7, 11) is 0. The van der Waals surface area contributed by atoms with Crippen LogP contribution >= 0.6 is 11.6 Å². The van der Waals surface area contributed by atoms with Crippen LogP contribution in [0.2, 0.25) is 5.02 Å². The van der Waals surface area contributed by atoms with Gasteiger partial charge in [0.1, 0.15) is 0 Å². The normalized spacial score (nSPS) is 10.2. The molecule has 0 aromatic heterocycles. The minimum absolute atomic E-state index is 0.164. The van der Waals surface area contributed by atoms with Crippen molar-refractivity contribution in [1.82, 2.24) is 0 Å². The number of hydrogen-bond donors (Lipinski definition) is 2. The van der Waals surface area contributed by atoms with E-state index in [1.807, 2.05) is 0 Å². The number of hydrogen-bond acceptors (Lipinski definition) is 4. The van der Waals surface area contributed by atoms with Crippen molar-refractivity contribution < 1.29 is 14.6 Å². The first-order chi connectivity index (χ1) is 8.15. The highest BCUT2D eigenvalue weighted by Gasteiger charge is 2.11. The van der Waals surface area contributed by atoms with Gasteiger partial charge >= 0.3 is 5.97 Å². The van der Waals surface area contributed by atoms with E-state index < -0.39 is 5.97 Å². The van der Waals surface area contributed by atoms with Crippen LogP contribution in [0.4, 0.5) is 5.69 Å². The smallest absolute Gasteiger partial charge is 0.339 e. The Hall–Kier alpha value is -1.26. The highest BCUT2D eigenvalue weighted by atomic mass is 35.5. The zero-order chi connectivity index (χ0) is 12.7. The molecule has 0 fully saturated rings. The number of nitrogen functional groups attached to an aromatic ring is 1. The molecule has 4 nitrogen and oxygen atoms in total. The minimum atomic E-state index is -0.445. The molecule has 3 N–H and O–H groups in total. The Labute approximate surface area is 105 Å². The standard InChI is InChI=1S/C12H16ClNO3/c13-11-8-9(14)4-5-10(11)12(16)17-7-3-1-2-6-15/h4-5,8,15H,1-3,6-7,14H2. The molecule has 0 saturated heterocycles. The quantitative estimate of drug-likeness (QED) is 0.466. The van der Waals surface area contributed by atoms with E-state index in [9.17, 15) is 4.79 Å². The van der Waals surface area contributed by atoms with Crippen LogP contribution in [0.25, 0.3) is 0 Å². The number of anilines is 1. The molecule has 1 aromatic carbocycles. The third kappa shape index (κ3) is 4.63. The first-order valence-electron chi connectivity index (χ1n) is 5.48. The van der Waals surface area contributed by atoms with Gasteiger partial charge in [-0.2, -0.15) is 0 Å². The van der Waals surface area contributed by atoms with Gasteiger partial charge < -0.3 is 15.6 Å². The Balaban J connectivity index is 2.42. The van der Waals surface area contributed by atoms with Gasteiger partial charge in [0.15, 0.2) is 0 Å². The molecule has 0 aliphatic rings. The van der Waals surface area contributed by atoms with Crippen LogP contribution in [0.15, 0.2) is 18.2 Å². The third-order valence-electron chi connectivity index (χ3n) is 2.25. The lowest BCUT2D eigenvalue weighted by molar-refractivity contribution is 0.0497. The van der Waals surface area contributed by atoms with E-state index in [-0.39, 0.29) is 6.61 Å². The fraction of sp³-hybridized carbons (Fsp3) is 0.417. The van der Waals surface area contributed by atoms with Crippen molar-refractivity contribution in [3.63, 3.8) is 0 Å². The molecular weight excluding hydrogens is 242 g/mol. The highest BCUT2D eigenvalue weighted by Crippen LogP contribution is 2.20. The number of halogens is 1. The van der Waals surface area contributed by atoms with E-state index >= 15 is 0 Å². The number of aliphatic hydroxyl groups is 1. The second-order valence-corrected chi connectivity index (χ2v) is 4.07. The van der Waals surface area contributed by atoms with Crippen LogP contribution in [-0.2, 0) is 4.74 Å². The van der Waals surface area contributed by atoms with E-state index in [2.05, 4.69) is 0 Å². The number of unbranched alkanes of at least 4 members (excludes halogenated alkanes) is 2. The van der Waals surface area contributed by atoms with Gasteiger partial charge in [-0.15, -0.1) is 0 Å². The number of benzene rings is 1. The molecule has 0 aliphatic heterocycles. The predicted molar refractivity (Wildman–Crippen MR) is 67.1 cm³/mol. The fourth-order valence-corrected chi connectivity index (χ4v) is 1.60. The summed E-state index contributed by atoms with van der Waals surface area (Å²) in [5.74, 6) is -0.445. The van der Waals surface area contributed by atoms with Gasteiger partial charge in [-0.3, -0.25) is 0 Å². The Morgan fingerprint density at radius 2 is 2.12 bits per heavy atom. The maximum Gasteiger partial charge on any atom is 0.339 e. The molecule has 0 atom stereocenters. The molecule has 0 radical (unpaired) electrons. The molecule has 0 saturated carbocycles. The van der Waals surface area contributed by atoms with Crippen molar-refractivity contribution in [3.05, 3.63) is 28.8 Å². The summed E-state index contributed by atoms with van der Waals surface area (Å²) < 4.78 is 5.05. The second-order valence-electron chi connectivity index (χ2n) is 3.66. The topological polar surface area (TPSA) is 72.6 Å². The fourth-order valence-electron chi connectivity index (χ4n) is 1.33. The van der Waals surface area contributed by atoms with E-state index in [4.69, 9.17) is 27.2 Å². The van der Waals surface area contributed by atoms with E-state index in [0.29, 0.717) is 22.9 Å². The molecule has 5 heteroatoms. The largest absolute Gasteiger partial charge is 0.462 e. The number of aliphatic hydroxyl groups excluding tert-OH is 1. The third-order valence-corrected chi connectivity index (χ3v) is 2.56. The summed E-state index contributed by atoms with van der Waals surface area (Å²) in [6, 6.07) is 4.67. The van der Waals surface area contributed by atoms with Crippen molar-refractivity contribution in [3.8, 4) is 0 Å². The van der Waals surface area contributed by atoms with Gasteiger partial charge in [-0.05, 0) is 37.5 Å². The minimum Gasteiger partial charge on any atom is -0.462 e. The van der Waals surface area contributed by atoms with Gasteiger partial charge in [0, 0.05) is 12.3 Å². The molecule has 0 heterocycles. The maximum atomic E-state index is 11.6. The summed E-state index contributed by atoms with van der Waals surface area (Å²) in [6.45, 7) is 0.497. The maximum absolute atomic E-state index is 11.6. The summed E-state index contributed by atoms with van der Waals surface area (Å²) in [5, 5.41) is 8.87. The molecule has 1 aromatic rings. The van der Waals surface area contributed by atoms with Crippen molar-refractivity contribution in [1.29, 1.82) is 0 Å². The van der Waals surface area contributed by atoms with Crippen LogP contribution in [-0.4, -0.2) is 24.3 Å². The Kier molecular flexibility index (Phi) is 5.80. The lowest BCUT2D eigenvalue weighted by atomic mass is 10.2. The molecule has 17 heavy (non-hydrogen) atoms. The van der Waals surface area contributed by atoms with Crippen molar-refractivity contribution in [2.75, 3.05) is 18.9 Å². The molecule has 0 spiro atoms. The predicted octanol–water partition coefficient (Wildman–Crippen LogP) is 2.24. The van der Waals surface area contributed by atoms with Crippen LogP contribution < -0.4 is 5.73 Å². The molecule has 0 amide bonds.